The van der Waals surface area contributed by atoms with Crippen LogP contribution in [0.5, 0.6) is 34.5 Å². The molecule has 11 aromatic carbocycles. The van der Waals surface area contributed by atoms with Gasteiger partial charge in [-0.05, 0) is 142 Å². The largest absolute Gasteiger partial charge is 0.456 e. The summed E-state index contributed by atoms with van der Waals surface area (Å²) >= 11 is 7.54. The molecule has 0 bridgehead atoms. The van der Waals surface area contributed by atoms with Crippen molar-refractivity contribution >= 4 is 133 Å². The first-order valence-corrected chi connectivity index (χ1v) is 26.9. The molecule has 0 saturated heterocycles. The fourth-order valence-corrected chi connectivity index (χ4v) is 17.7. The summed E-state index contributed by atoms with van der Waals surface area (Å²) in [7, 11) is 0. The molecular weight excluding hydrogens is 928 g/mol. The van der Waals surface area contributed by atoms with Gasteiger partial charge in [0.25, 0.3) is 0 Å². The molecule has 0 amide bonds. The molecule has 5 aliphatic heterocycles. The normalized spacial score (nSPS) is 14.6. The number of furan rings is 2. The third-order valence-corrected chi connectivity index (χ3v) is 20.5. The van der Waals surface area contributed by atoms with Crippen molar-refractivity contribution in [3.63, 3.8) is 0 Å². The van der Waals surface area contributed by atoms with Gasteiger partial charge in [0.1, 0.15) is 45.2 Å². The Labute approximate surface area is 415 Å². The topological polar surface area (TPSA) is 60.5 Å². The van der Waals surface area contributed by atoms with Crippen LogP contribution in [-0.4, -0.2) is 0 Å². The lowest BCUT2D eigenvalue weighted by molar-refractivity contribution is 0.465. The molecule has 7 heterocycles. The second-order valence-electron chi connectivity index (χ2n) is 19.6. The zero-order chi connectivity index (χ0) is 46.9. The Morgan fingerprint density at radius 1 is 0.375 bits per heavy atom. The number of para-hydroxylation sites is 4. The van der Waals surface area contributed by atoms with Crippen molar-refractivity contribution in [3.05, 3.63) is 188 Å². The van der Waals surface area contributed by atoms with Gasteiger partial charge in [0.15, 0.2) is 23.0 Å². The maximum absolute atomic E-state index is 7.54. The van der Waals surface area contributed by atoms with E-state index in [1.54, 1.807) is 0 Å². The number of aryl methyl sites for hydroxylation is 1. The van der Waals surface area contributed by atoms with Crippen LogP contribution in [0, 0.1) is 6.92 Å². The zero-order valence-corrected chi connectivity index (χ0v) is 39.8. The lowest BCUT2D eigenvalue weighted by atomic mass is 9.96. The van der Waals surface area contributed by atoms with Gasteiger partial charge in [-0.15, -0.1) is 0 Å². The van der Waals surface area contributed by atoms with E-state index in [-0.39, 0.29) is 0 Å². The Hall–Kier alpha value is -8.81. The van der Waals surface area contributed by atoms with Gasteiger partial charge in [-0.25, -0.2) is 0 Å². The minimum Gasteiger partial charge on any atom is -0.456 e. The predicted octanol–water partition coefficient (Wildman–Crippen LogP) is 17.1. The summed E-state index contributed by atoms with van der Waals surface area (Å²) < 4.78 is 35.0. The van der Waals surface area contributed by atoms with Crippen molar-refractivity contribution in [2.75, 3.05) is 9.80 Å². The van der Waals surface area contributed by atoms with Crippen LogP contribution in [-0.2, 0) is 11.8 Å². The van der Waals surface area contributed by atoms with Gasteiger partial charge < -0.3 is 32.8 Å². The van der Waals surface area contributed by atoms with Crippen molar-refractivity contribution in [1.29, 1.82) is 0 Å². The lowest BCUT2D eigenvalue weighted by Gasteiger charge is -2.51. The molecule has 0 radical (unpaired) electrons. The van der Waals surface area contributed by atoms with Crippen molar-refractivity contribution in [2.24, 2.45) is 0 Å². The molecule has 5 aliphatic rings. The second-order valence-corrected chi connectivity index (χ2v) is 23.8. The number of anilines is 6. The molecule has 2 aromatic heterocycles. The van der Waals surface area contributed by atoms with E-state index in [1.807, 2.05) is 12.1 Å². The van der Waals surface area contributed by atoms with E-state index in [9.17, 15) is 0 Å². The average Bonchev–Trinajstić information content (AvgIpc) is 3.95. The molecular formula is C63H33N2O5PS. The Morgan fingerprint density at radius 2 is 0.806 bits per heavy atom. The van der Waals surface area contributed by atoms with Crippen LogP contribution in [0.3, 0.4) is 0 Å². The molecule has 0 saturated carbocycles. The molecule has 0 unspecified atom stereocenters. The Bertz CT molecular complexity index is 4520. The van der Waals surface area contributed by atoms with E-state index in [0.717, 1.165) is 178 Å². The molecule has 7 nitrogen and oxygen atoms in total. The van der Waals surface area contributed by atoms with Crippen LogP contribution in [0.15, 0.2) is 191 Å². The highest BCUT2D eigenvalue weighted by Crippen LogP contribution is 2.72. The molecule has 0 N–H and O–H groups in total. The third kappa shape index (κ3) is 4.61. The first-order chi connectivity index (χ1) is 35.4. The van der Waals surface area contributed by atoms with Crippen LogP contribution < -0.4 is 39.9 Å². The Morgan fingerprint density at radius 3 is 1.29 bits per heavy atom. The van der Waals surface area contributed by atoms with Crippen molar-refractivity contribution in [1.82, 2.24) is 0 Å². The third-order valence-electron chi connectivity index (χ3n) is 15.6. The minimum absolute atomic E-state index is 0.729. The van der Waals surface area contributed by atoms with Crippen LogP contribution in [0.4, 0.5) is 34.1 Å². The standard InChI is InChI=1S/C63H33N2O5PS/c1-32-22-47-61-48(23-32)65-46-15-7-9-17-52(46)70-60-40(38-19-21-50-42(27-38)44-25-34-11-3-5-13-36(34)29-54(44)67-50)31-56-63(58(60)65)71(61,72)62-55(68-56)30-39(59-57(62)64(47)45-14-6-8-16-51(45)69-59)37-18-20-49-41(26-37)43-24-33-10-2-4-12-35(33)28-53(43)66-49/h2-31H,1H3. The summed E-state index contributed by atoms with van der Waals surface area (Å²) in [5, 5.41) is 11.9. The van der Waals surface area contributed by atoms with E-state index in [1.165, 1.54) is 0 Å². The highest BCUT2D eigenvalue weighted by molar-refractivity contribution is 8.26. The number of ether oxygens (including phenoxy) is 3. The zero-order valence-electron chi connectivity index (χ0n) is 38.1. The van der Waals surface area contributed by atoms with Crippen LogP contribution in [0.25, 0.3) is 87.7 Å². The minimum atomic E-state index is -2.97. The predicted molar refractivity (Wildman–Crippen MR) is 294 cm³/mol. The van der Waals surface area contributed by atoms with Gasteiger partial charge in [-0.3, -0.25) is 0 Å². The van der Waals surface area contributed by atoms with Crippen molar-refractivity contribution < 1.29 is 23.0 Å². The van der Waals surface area contributed by atoms with Gasteiger partial charge in [-0.2, -0.15) is 0 Å². The summed E-state index contributed by atoms with van der Waals surface area (Å²) in [4.78, 5) is 4.80. The summed E-state index contributed by atoms with van der Waals surface area (Å²) in [6, 6.07) is 61.2. The number of benzene rings is 11. The number of hydrogen-bond acceptors (Lipinski definition) is 8. The molecule has 9 heteroatoms. The van der Waals surface area contributed by atoms with Gasteiger partial charge in [0, 0.05) is 38.0 Å². The molecule has 0 aliphatic carbocycles. The summed E-state index contributed by atoms with van der Waals surface area (Å²) in [5.74, 6) is 4.49. The number of nitrogens with zero attached hydrogens (tertiary/aromatic N) is 2. The van der Waals surface area contributed by atoms with Crippen molar-refractivity contribution in [2.45, 2.75) is 6.92 Å². The van der Waals surface area contributed by atoms with E-state index < -0.39 is 6.04 Å². The number of hydrogen-bond donors (Lipinski definition) is 0. The SMILES string of the molecule is Cc1cc2c3c(c1)N1c4ccccc4Oc4c(-c5ccc6oc7cc8ccccc8cc7c6c5)cc5c(c41)P3(=S)c1c(cc(-c3ccc4oc6cc7ccccc7cc6c4c3)c3c1N2c1ccccc1O3)O5. The van der Waals surface area contributed by atoms with E-state index in [2.05, 4.69) is 187 Å². The summed E-state index contributed by atoms with van der Waals surface area (Å²) in [6.45, 7) is 2.19. The van der Waals surface area contributed by atoms with Gasteiger partial charge >= 0.3 is 0 Å². The molecule has 336 valence electrons. The van der Waals surface area contributed by atoms with E-state index in [0.29, 0.717) is 0 Å². The quantitative estimate of drug-likeness (QED) is 0.159. The van der Waals surface area contributed by atoms with E-state index in [4.69, 9.17) is 34.9 Å². The van der Waals surface area contributed by atoms with Gasteiger partial charge in [-0.1, -0.05) is 96.7 Å². The molecule has 0 spiro atoms. The lowest BCUT2D eigenvalue weighted by Crippen LogP contribution is -2.46. The highest BCUT2D eigenvalue weighted by atomic mass is 32.4. The van der Waals surface area contributed by atoms with Gasteiger partial charge in [0.2, 0.25) is 0 Å². The highest BCUT2D eigenvalue weighted by Gasteiger charge is 2.55. The fourth-order valence-electron chi connectivity index (χ4n) is 12.6. The first-order valence-electron chi connectivity index (χ1n) is 24.1. The number of fused-ring (bicyclic) bond motifs is 14. The number of rotatable bonds is 2. The molecule has 72 heavy (non-hydrogen) atoms. The maximum atomic E-state index is 7.54. The Kier molecular flexibility index (Phi) is 6.83. The van der Waals surface area contributed by atoms with Gasteiger partial charge in [0.05, 0.1) is 39.4 Å². The summed E-state index contributed by atoms with van der Waals surface area (Å²) in [6.07, 6.45) is 0. The molecule has 13 aromatic rings. The van der Waals surface area contributed by atoms with Crippen LogP contribution in [0.2, 0.25) is 0 Å². The molecule has 18 rings (SSSR count). The molecule has 0 atom stereocenters. The maximum Gasteiger partial charge on any atom is 0.160 e. The molecule has 0 fully saturated rings. The average molecular weight is 961 g/mol. The monoisotopic (exact) mass is 960 g/mol. The fraction of sp³-hybridized carbons (Fsp3) is 0.0159. The second kappa shape index (κ2) is 12.9. The first kappa shape index (κ1) is 38.0. The van der Waals surface area contributed by atoms with Crippen LogP contribution in [0.1, 0.15) is 5.56 Å². The summed E-state index contributed by atoms with van der Waals surface area (Å²) in [5.41, 5.74) is 14.1. The van der Waals surface area contributed by atoms with E-state index >= 15 is 0 Å². The smallest absolute Gasteiger partial charge is 0.160 e. The Balaban J connectivity index is 0.938. The van der Waals surface area contributed by atoms with Crippen LogP contribution >= 0.6 is 6.04 Å². The van der Waals surface area contributed by atoms with Crippen molar-refractivity contribution in [3.8, 4) is 56.8 Å².